The highest BCUT2D eigenvalue weighted by Gasteiger charge is 2.20. The van der Waals surface area contributed by atoms with Crippen LogP contribution in [-0.2, 0) is 6.54 Å². The number of rotatable bonds is 3. The number of hydrogen-bond acceptors (Lipinski definition) is 2. The van der Waals surface area contributed by atoms with Gasteiger partial charge in [0.15, 0.2) is 0 Å². The van der Waals surface area contributed by atoms with Gasteiger partial charge in [0.25, 0.3) is 0 Å². The van der Waals surface area contributed by atoms with Crippen LogP contribution in [0.4, 0.5) is 0 Å². The van der Waals surface area contributed by atoms with Crippen LogP contribution in [0.1, 0.15) is 49.3 Å². The van der Waals surface area contributed by atoms with Gasteiger partial charge in [0.2, 0.25) is 0 Å². The molecule has 0 aliphatic carbocycles. The van der Waals surface area contributed by atoms with Gasteiger partial charge in [-0.1, -0.05) is 25.4 Å². The number of benzene rings is 1. The Balaban J connectivity index is 2.37. The quantitative estimate of drug-likeness (QED) is 0.892. The van der Waals surface area contributed by atoms with Crippen molar-refractivity contribution in [3.05, 3.63) is 27.8 Å². The van der Waals surface area contributed by atoms with Crippen molar-refractivity contribution < 1.29 is 5.11 Å². The van der Waals surface area contributed by atoms with E-state index in [1.165, 1.54) is 12.8 Å². The second kappa shape index (κ2) is 5.50. The van der Waals surface area contributed by atoms with E-state index in [-0.39, 0.29) is 0 Å². The minimum Gasteiger partial charge on any atom is -0.507 e. The average molecular weight is 268 g/mol. The normalized spacial score (nSPS) is 16.7. The predicted molar refractivity (Wildman–Crippen MR) is 76.5 cm³/mol. The molecule has 1 aromatic rings. The zero-order valence-electron chi connectivity index (χ0n) is 11.5. The molecule has 1 aliphatic heterocycles. The van der Waals surface area contributed by atoms with E-state index in [0.29, 0.717) is 11.7 Å². The van der Waals surface area contributed by atoms with E-state index < -0.39 is 0 Å². The van der Waals surface area contributed by atoms with Gasteiger partial charge >= 0.3 is 0 Å². The average Bonchev–Trinajstić information content (AvgIpc) is 2.81. The highest BCUT2D eigenvalue weighted by Crippen LogP contribution is 2.36. The SMILES string of the molecule is Cc1c(Cl)cc(C(C)C)c(O)c1CN1CCCC1. The van der Waals surface area contributed by atoms with Gasteiger partial charge in [0.1, 0.15) is 5.75 Å². The first-order valence-corrected chi connectivity index (χ1v) is 7.11. The van der Waals surface area contributed by atoms with Crippen molar-refractivity contribution in [1.82, 2.24) is 4.90 Å². The summed E-state index contributed by atoms with van der Waals surface area (Å²) in [5.74, 6) is 0.735. The molecule has 0 spiro atoms. The molecule has 1 saturated heterocycles. The van der Waals surface area contributed by atoms with E-state index in [1.54, 1.807) is 0 Å². The maximum absolute atomic E-state index is 10.4. The summed E-state index contributed by atoms with van der Waals surface area (Å²) in [6.45, 7) is 9.24. The van der Waals surface area contributed by atoms with E-state index in [2.05, 4.69) is 18.7 Å². The first kappa shape index (κ1) is 13.7. The summed E-state index contributed by atoms with van der Waals surface area (Å²) in [5.41, 5.74) is 2.98. The molecule has 0 atom stereocenters. The first-order valence-electron chi connectivity index (χ1n) is 6.74. The molecule has 0 bridgehead atoms. The topological polar surface area (TPSA) is 23.5 Å². The summed E-state index contributed by atoms with van der Waals surface area (Å²) in [4.78, 5) is 2.39. The Morgan fingerprint density at radius 1 is 1.33 bits per heavy atom. The lowest BCUT2D eigenvalue weighted by Crippen LogP contribution is -2.19. The molecular formula is C15H22ClNO. The Labute approximate surface area is 115 Å². The number of aromatic hydroxyl groups is 1. The van der Waals surface area contributed by atoms with E-state index in [4.69, 9.17) is 11.6 Å². The van der Waals surface area contributed by atoms with Crippen LogP contribution in [0.15, 0.2) is 6.07 Å². The third-order valence-corrected chi connectivity index (χ3v) is 4.25. The van der Waals surface area contributed by atoms with Crippen LogP contribution in [0.25, 0.3) is 0 Å². The fourth-order valence-electron chi connectivity index (χ4n) is 2.61. The van der Waals surface area contributed by atoms with Gasteiger partial charge in [-0.3, -0.25) is 4.90 Å². The van der Waals surface area contributed by atoms with E-state index in [9.17, 15) is 5.11 Å². The van der Waals surface area contributed by atoms with Crippen molar-refractivity contribution in [3.63, 3.8) is 0 Å². The van der Waals surface area contributed by atoms with Crippen LogP contribution in [0, 0.1) is 6.92 Å². The first-order chi connectivity index (χ1) is 8.50. The van der Waals surface area contributed by atoms with Crippen LogP contribution < -0.4 is 0 Å². The van der Waals surface area contributed by atoms with Crippen molar-refractivity contribution >= 4 is 11.6 Å². The Morgan fingerprint density at radius 3 is 2.50 bits per heavy atom. The lowest BCUT2D eigenvalue weighted by Gasteiger charge is -2.21. The standard InChI is InChI=1S/C15H22ClNO/c1-10(2)12-8-14(16)11(3)13(15(12)18)9-17-6-4-5-7-17/h8,10,18H,4-7,9H2,1-3H3. The third kappa shape index (κ3) is 2.65. The summed E-state index contributed by atoms with van der Waals surface area (Å²) in [6.07, 6.45) is 2.52. The van der Waals surface area contributed by atoms with Gasteiger partial charge in [-0.15, -0.1) is 0 Å². The summed E-state index contributed by atoms with van der Waals surface area (Å²) >= 11 is 6.29. The Hall–Kier alpha value is -0.730. The highest BCUT2D eigenvalue weighted by molar-refractivity contribution is 6.31. The van der Waals surface area contributed by atoms with Gasteiger partial charge in [0.05, 0.1) is 0 Å². The van der Waals surface area contributed by atoms with Crippen molar-refractivity contribution in [2.24, 2.45) is 0 Å². The summed E-state index contributed by atoms with van der Waals surface area (Å²) < 4.78 is 0. The largest absolute Gasteiger partial charge is 0.507 e. The molecule has 0 unspecified atom stereocenters. The lowest BCUT2D eigenvalue weighted by molar-refractivity contribution is 0.322. The minimum absolute atomic E-state index is 0.292. The zero-order valence-corrected chi connectivity index (χ0v) is 12.2. The van der Waals surface area contributed by atoms with Gasteiger partial charge in [-0.05, 0) is 56.0 Å². The Kier molecular flexibility index (Phi) is 4.18. The fourth-order valence-corrected chi connectivity index (χ4v) is 2.84. The number of likely N-dealkylation sites (tertiary alicyclic amines) is 1. The van der Waals surface area contributed by atoms with Gasteiger partial charge < -0.3 is 5.11 Å². The molecule has 18 heavy (non-hydrogen) atoms. The highest BCUT2D eigenvalue weighted by atomic mass is 35.5. The second-order valence-corrected chi connectivity index (χ2v) is 5.94. The monoisotopic (exact) mass is 267 g/mol. The molecule has 1 aromatic carbocycles. The summed E-state index contributed by atoms with van der Waals surface area (Å²) in [6, 6.07) is 1.91. The molecule has 0 radical (unpaired) electrons. The van der Waals surface area contributed by atoms with E-state index in [1.807, 2.05) is 13.0 Å². The lowest BCUT2D eigenvalue weighted by atomic mass is 9.95. The predicted octanol–water partition coefficient (Wildman–Crippen LogP) is 4.07. The molecule has 2 rings (SSSR count). The minimum atomic E-state index is 0.292. The summed E-state index contributed by atoms with van der Waals surface area (Å²) in [7, 11) is 0. The molecule has 0 saturated carbocycles. The number of phenolic OH excluding ortho intramolecular Hbond substituents is 1. The van der Waals surface area contributed by atoms with Gasteiger partial charge in [-0.25, -0.2) is 0 Å². The molecule has 1 fully saturated rings. The van der Waals surface area contributed by atoms with Crippen LogP contribution in [0.5, 0.6) is 5.75 Å². The number of nitrogens with zero attached hydrogens (tertiary/aromatic N) is 1. The van der Waals surface area contributed by atoms with Crippen molar-refractivity contribution in [2.45, 2.75) is 46.1 Å². The van der Waals surface area contributed by atoms with Gasteiger partial charge in [0, 0.05) is 17.1 Å². The molecule has 1 N–H and O–H groups in total. The molecule has 3 heteroatoms. The second-order valence-electron chi connectivity index (χ2n) is 5.54. The van der Waals surface area contributed by atoms with Crippen LogP contribution in [0.2, 0.25) is 5.02 Å². The molecule has 1 aliphatic rings. The maximum Gasteiger partial charge on any atom is 0.123 e. The van der Waals surface area contributed by atoms with Crippen LogP contribution in [-0.4, -0.2) is 23.1 Å². The summed E-state index contributed by atoms with van der Waals surface area (Å²) in [5, 5.41) is 11.2. The Bertz CT molecular complexity index is 437. The number of halogens is 1. The van der Waals surface area contributed by atoms with Crippen LogP contribution in [0.3, 0.4) is 0 Å². The fraction of sp³-hybridized carbons (Fsp3) is 0.600. The molecule has 100 valence electrons. The number of phenols is 1. The van der Waals surface area contributed by atoms with Gasteiger partial charge in [-0.2, -0.15) is 0 Å². The molecule has 0 amide bonds. The van der Waals surface area contributed by atoms with E-state index >= 15 is 0 Å². The van der Waals surface area contributed by atoms with Crippen molar-refractivity contribution in [2.75, 3.05) is 13.1 Å². The third-order valence-electron chi connectivity index (χ3n) is 3.85. The zero-order chi connectivity index (χ0) is 13.3. The Morgan fingerprint density at radius 2 is 1.94 bits per heavy atom. The molecular weight excluding hydrogens is 246 g/mol. The number of hydrogen-bond donors (Lipinski definition) is 1. The molecule has 0 aromatic heterocycles. The van der Waals surface area contributed by atoms with E-state index in [0.717, 1.165) is 41.3 Å². The van der Waals surface area contributed by atoms with Crippen LogP contribution >= 0.6 is 11.6 Å². The molecule has 2 nitrogen and oxygen atoms in total. The smallest absolute Gasteiger partial charge is 0.123 e. The van der Waals surface area contributed by atoms with Crippen molar-refractivity contribution in [3.8, 4) is 5.75 Å². The molecule has 1 heterocycles. The maximum atomic E-state index is 10.4. The van der Waals surface area contributed by atoms with Crippen molar-refractivity contribution in [1.29, 1.82) is 0 Å².